The van der Waals surface area contributed by atoms with E-state index >= 15 is 0 Å². The van der Waals surface area contributed by atoms with Crippen molar-refractivity contribution in [1.29, 1.82) is 0 Å². The number of carboxylic acid groups (broad SMARTS) is 1. The maximum absolute atomic E-state index is 10.9. The number of carbonyl (C=O) groups is 1. The molecule has 1 atom stereocenters. The van der Waals surface area contributed by atoms with Crippen molar-refractivity contribution >= 4 is 11.7 Å². The van der Waals surface area contributed by atoms with Crippen LogP contribution in [0.2, 0.25) is 0 Å². The van der Waals surface area contributed by atoms with Crippen molar-refractivity contribution in [3.8, 4) is 0 Å². The molecule has 114 valence electrons. The van der Waals surface area contributed by atoms with Crippen LogP contribution in [-0.4, -0.2) is 58.0 Å². The summed E-state index contributed by atoms with van der Waals surface area (Å²) in [6.45, 7) is 5.48. The van der Waals surface area contributed by atoms with Crippen LogP contribution in [-0.2, 0) is 11.3 Å². The molecule has 1 fully saturated rings. The Bertz CT molecular complexity index is 509. The normalized spacial score (nSPS) is 18.3. The Morgan fingerprint density at radius 3 is 2.33 bits per heavy atom. The molecule has 0 spiro atoms. The molecule has 1 aliphatic heterocycles. The lowest BCUT2D eigenvalue weighted by Crippen LogP contribution is -2.51. The van der Waals surface area contributed by atoms with E-state index in [1.165, 1.54) is 12.1 Å². The summed E-state index contributed by atoms with van der Waals surface area (Å²) in [5.41, 5.74) is 1.12. The Morgan fingerprint density at radius 1 is 1.29 bits per heavy atom. The second-order valence-corrected chi connectivity index (χ2v) is 5.25. The third-order valence-corrected chi connectivity index (χ3v) is 3.87. The summed E-state index contributed by atoms with van der Waals surface area (Å²) in [6, 6.07) is 6.11. The Balaban J connectivity index is 1.86. The van der Waals surface area contributed by atoms with Crippen LogP contribution in [0.3, 0.4) is 0 Å². The first-order valence-corrected chi connectivity index (χ1v) is 6.90. The molecule has 0 bridgehead atoms. The molecule has 21 heavy (non-hydrogen) atoms. The summed E-state index contributed by atoms with van der Waals surface area (Å²) in [5.74, 6) is -0.793. The number of nitro benzene ring substituents is 1. The molecule has 0 aromatic heterocycles. The Kier molecular flexibility index (Phi) is 4.87. The zero-order valence-corrected chi connectivity index (χ0v) is 11.9. The molecule has 1 aromatic carbocycles. The van der Waals surface area contributed by atoms with Gasteiger partial charge in [-0.05, 0) is 12.5 Å². The van der Waals surface area contributed by atoms with Gasteiger partial charge >= 0.3 is 5.97 Å². The fourth-order valence-corrected chi connectivity index (χ4v) is 2.45. The van der Waals surface area contributed by atoms with Crippen molar-refractivity contribution in [2.24, 2.45) is 0 Å². The van der Waals surface area contributed by atoms with Crippen molar-refractivity contribution in [2.45, 2.75) is 19.5 Å². The molecule has 2 rings (SSSR count). The monoisotopic (exact) mass is 293 g/mol. The summed E-state index contributed by atoms with van der Waals surface area (Å²) >= 11 is 0. The summed E-state index contributed by atoms with van der Waals surface area (Å²) in [6.07, 6.45) is 0. The van der Waals surface area contributed by atoms with E-state index in [1.807, 2.05) is 4.90 Å². The SMILES string of the molecule is CC(C(=O)O)N1CCN(Cc2ccc([N+](=O)[O-])cc2)CC1. The minimum atomic E-state index is -0.793. The van der Waals surface area contributed by atoms with Gasteiger partial charge in [-0.2, -0.15) is 0 Å². The van der Waals surface area contributed by atoms with Crippen molar-refractivity contribution in [1.82, 2.24) is 9.80 Å². The van der Waals surface area contributed by atoms with Gasteiger partial charge in [0.15, 0.2) is 0 Å². The summed E-state index contributed by atoms with van der Waals surface area (Å²) in [5, 5.41) is 19.6. The number of nitro groups is 1. The average Bonchev–Trinajstić information content (AvgIpc) is 2.47. The van der Waals surface area contributed by atoms with Crippen molar-refractivity contribution in [3.05, 3.63) is 39.9 Å². The topological polar surface area (TPSA) is 86.9 Å². The Hall–Kier alpha value is -1.99. The van der Waals surface area contributed by atoms with Gasteiger partial charge in [-0.3, -0.25) is 24.7 Å². The van der Waals surface area contributed by atoms with E-state index in [0.717, 1.165) is 38.3 Å². The number of nitrogens with zero attached hydrogens (tertiary/aromatic N) is 3. The maximum Gasteiger partial charge on any atom is 0.320 e. The van der Waals surface area contributed by atoms with E-state index in [2.05, 4.69) is 4.90 Å². The highest BCUT2D eigenvalue weighted by atomic mass is 16.6. The van der Waals surface area contributed by atoms with Crippen molar-refractivity contribution < 1.29 is 14.8 Å². The van der Waals surface area contributed by atoms with E-state index in [0.29, 0.717) is 0 Å². The standard InChI is InChI=1S/C14H19N3O4/c1-11(14(18)19)16-8-6-15(7-9-16)10-12-2-4-13(5-3-12)17(20)21/h2-5,11H,6-10H2,1H3,(H,18,19). The molecule has 1 aliphatic rings. The van der Waals surface area contributed by atoms with Gasteiger partial charge in [-0.15, -0.1) is 0 Å². The molecule has 7 nitrogen and oxygen atoms in total. The maximum atomic E-state index is 10.9. The van der Waals surface area contributed by atoms with Crippen LogP contribution in [0, 0.1) is 10.1 Å². The largest absolute Gasteiger partial charge is 0.480 e. The first-order chi connectivity index (χ1) is 9.97. The van der Waals surface area contributed by atoms with Crippen LogP contribution in [0.4, 0.5) is 5.69 Å². The molecule has 7 heteroatoms. The minimum Gasteiger partial charge on any atom is -0.480 e. The van der Waals surface area contributed by atoms with E-state index in [4.69, 9.17) is 5.11 Å². The molecule has 1 aromatic rings. The lowest BCUT2D eigenvalue weighted by Gasteiger charge is -2.36. The zero-order valence-electron chi connectivity index (χ0n) is 11.9. The molecule has 0 aliphatic carbocycles. The molecule has 1 unspecified atom stereocenters. The number of piperazine rings is 1. The molecule has 0 saturated carbocycles. The summed E-state index contributed by atoms with van der Waals surface area (Å²) < 4.78 is 0. The number of aliphatic carboxylic acids is 1. The highest BCUT2D eigenvalue weighted by molar-refractivity contribution is 5.72. The van der Waals surface area contributed by atoms with E-state index < -0.39 is 16.9 Å². The van der Waals surface area contributed by atoms with Gasteiger partial charge in [0.25, 0.3) is 5.69 Å². The molecule has 0 radical (unpaired) electrons. The van der Waals surface area contributed by atoms with Crippen LogP contribution < -0.4 is 0 Å². The van der Waals surface area contributed by atoms with E-state index in [1.54, 1.807) is 19.1 Å². The first-order valence-electron chi connectivity index (χ1n) is 6.90. The smallest absolute Gasteiger partial charge is 0.320 e. The van der Waals surface area contributed by atoms with Gasteiger partial charge in [-0.25, -0.2) is 0 Å². The molecular weight excluding hydrogens is 274 g/mol. The van der Waals surface area contributed by atoms with Gasteiger partial charge in [0.1, 0.15) is 6.04 Å². The third-order valence-electron chi connectivity index (χ3n) is 3.87. The van der Waals surface area contributed by atoms with Crippen LogP contribution in [0.25, 0.3) is 0 Å². The minimum absolute atomic E-state index is 0.0962. The molecule has 1 saturated heterocycles. The summed E-state index contributed by atoms with van der Waals surface area (Å²) in [7, 11) is 0. The van der Waals surface area contributed by atoms with Gasteiger partial charge < -0.3 is 5.11 Å². The number of hydrogen-bond donors (Lipinski definition) is 1. The highest BCUT2D eigenvalue weighted by Gasteiger charge is 2.25. The van der Waals surface area contributed by atoms with E-state index in [9.17, 15) is 14.9 Å². The lowest BCUT2D eigenvalue weighted by molar-refractivity contribution is -0.384. The Morgan fingerprint density at radius 2 is 1.86 bits per heavy atom. The van der Waals surface area contributed by atoms with Crippen molar-refractivity contribution in [3.63, 3.8) is 0 Å². The van der Waals surface area contributed by atoms with Gasteiger partial charge in [0.05, 0.1) is 4.92 Å². The van der Waals surface area contributed by atoms with Crippen LogP contribution >= 0.6 is 0 Å². The van der Waals surface area contributed by atoms with Crippen LogP contribution in [0.5, 0.6) is 0 Å². The second kappa shape index (κ2) is 6.64. The highest BCUT2D eigenvalue weighted by Crippen LogP contribution is 2.15. The number of rotatable bonds is 5. The molecule has 1 heterocycles. The lowest BCUT2D eigenvalue weighted by atomic mass is 10.1. The zero-order chi connectivity index (χ0) is 15.4. The van der Waals surface area contributed by atoms with Crippen LogP contribution in [0.15, 0.2) is 24.3 Å². The number of carboxylic acids is 1. The van der Waals surface area contributed by atoms with Crippen molar-refractivity contribution in [2.75, 3.05) is 26.2 Å². The first kappa shape index (κ1) is 15.4. The predicted octanol–water partition coefficient (Wildman–Crippen LogP) is 1.19. The fraction of sp³-hybridized carbons (Fsp3) is 0.500. The molecular formula is C14H19N3O4. The van der Waals surface area contributed by atoms with Gasteiger partial charge in [-0.1, -0.05) is 12.1 Å². The molecule has 0 amide bonds. The Labute approximate surface area is 122 Å². The number of non-ortho nitro benzene ring substituents is 1. The fourth-order valence-electron chi connectivity index (χ4n) is 2.45. The van der Waals surface area contributed by atoms with Crippen LogP contribution in [0.1, 0.15) is 12.5 Å². The quantitative estimate of drug-likeness (QED) is 0.648. The summed E-state index contributed by atoms with van der Waals surface area (Å²) in [4.78, 5) is 25.3. The molecule has 1 N–H and O–H groups in total. The second-order valence-electron chi connectivity index (χ2n) is 5.25. The predicted molar refractivity (Wildman–Crippen MR) is 77.0 cm³/mol. The van der Waals surface area contributed by atoms with Gasteiger partial charge in [0, 0.05) is 44.9 Å². The van der Waals surface area contributed by atoms with Gasteiger partial charge in [0.2, 0.25) is 0 Å². The third kappa shape index (κ3) is 3.99. The average molecular weight is 293 g/mol. The van der Waals surface area contributed by atoms with E-state index in [-0.39, 0.29) is 5.69 Å². The number of benzene rings is 1. The number of hydrogen-bond acceptors (Lipinski definition) is 5.